The van der Waals surface area contributed by atoms with Crippen LogP contribution in [-0.4, -0.2) is 96.7 Å². The highest BCUT2D eigenvalue weighted by Crippen LogP contribution is 2.45. The molecule has 0 heterocycles. The Kier molecular flexibility index (Phi) is 60.8. The van der Waals surface area contributed by atoms with Gasteiger partial charge in [0.25, 0.3) is 0 Å². The maximum Gasteiger partial charge on any atom is 0.472 e. The number of unbranched alkanes of at least 4 members (excludes halogenated alkanes) is 38. The molecule has 0 rings (SSSR count). The van der Waals surface area contributed by atoms with Crippen LogP contribution in [0.25, 0.3) is 0 Å². The molecule has 3 N–H and O–H groups in total. The number of phosphoric ester groups is 2. The second-order valence-electron chi connectivity index (χ2n) is 26.0. The van der Waals surface area contributed by atoms with Crippen LogP contribution in [0.15, 0.2) is 0 Å². The van der Waals surface area contributed by atoms with Crippen molar-refractivity contribution >= 4 is 39.5 Å². The summed E-state index contributed by atoms with van der Waals surface area (Å²) in [5.41, 5.74) is 0. The molecule has 0 amide bonds. The number of phosphoric acid groups is 2. The summed E-state index contributed by atoms with van der Waals surface area (Å²) in [6.45, 7) is 9.47. The number of aliphatic hydroxyl groups excluding tert-OH is 1. The first kappa shape index (κ1) is 87.1. The van der Waals surface area contributed by atoms with Crippen molar-refractivity contribution < 1.29 is 80.2 Å². The fourth-order valence-electron chi connectivity index (χ4n) is 10.6. The fraction of sp³-hybridized carbons (Fsp3) is 0.943. The molecular formula is C70H136O17P2. The molecule has 0 saturated carbocycles. The zero-order valence-corrected chi connectivity index (χ0v) is 59.5. The van der Waals surface area contributed by atoms with E-state index in [1.807, 2.05) is 0 Å². The molecule has 17 nitrogen and oxygen atoms in total. The lowest BCUT2D eigenvalue weighted by Gasteiger charge is -2.21. The first-order valence-electron chi connectivity index (χ1n) is 36.5. The minimum absolute atomic E-state index is 0.102. The molecule has 0 fully saturated rings. The van der Waals surface area contributed by atoms with Gasteiger partial charge in [-0.1, -0.05) is 305 Å². The van der Waals surface area contributed by atoms with Gasteiger partial charge in [-0.15, -0.1) is 0 Å². The van der Waals surface area contributed by atoms with Crippen molar-refractivity contribution in [2.45, 2.75) is 374 Å². The van der Waals surface area contributed by atoms with Crippen LogP contribution in [0.2, 0.25) is 0 Å². The first-order chi connectivity index (χ1) is 42.9. The third kappa shape index (κ3) is 63.2. The highest BCUT2D eigenvalue weighted by atomic mass is 31.2. The second kappa shape index (κ2) is 62.2. The van der Waals surface area contributed by atoms with E-state index >= 15 is 0 Å². The lowest BCUT2D eigenvalue weighted by Crippen LogP contribution is -2.30. The predicted molar refractivity (Wildman–Crippen MR) is 358 cm³/mol. The zero-order valence-electron chi connectivity index (χ0n) is 57.7. The molecule has 528 valence electrons. The van der Waals surface area contributed by atoms with Crippen LogP contribution in [-0.2, 0) is 65.4 Å². The molecule has 0 aliphatic rings. The molecule has 0 aromatic carbocycles. The maximum atomic E-state index is 13.0. The molecule has 19 heteroatoms. The van der Waals surface area contributed by atoms with E-state index in [2.05, 4.69) is 41.5 Å². The Morgan fingerprint density at radius 2 is 0.573 bits per heavy atom. The maximum absolute atomic E-state index is 13.0. The topological polar surface area (TPSA) is 237 Å². The summed E-state index contributed by atoms with van der Waals surface area (Å²) in [5.74, 6) is -0.617. The van der Waals surface area contributed by atoms with Crippen LogP contribution in [0.1, 0.15) is 356 Å². The SMILES string of the molecule is CCCCCCCCCCCCCCCCCC(=O)OC[C@H](COP(=O)(O)OC[C@@H](O)COP(=O)(O)OC[C@@H](COC(=O)CCCCCCCCC)OC(=O)CCCCCCCCC(C)C)OC(=O)CCCCCCCCCCCCCCCCC(C)CC. The third-order valence-corrected chi connectivity index (χ3v) is 18.5. The van der Waals surface area contributed by atoms with E-state index in [-0.39, 0.29) is 25.7 Å². The number of ether oxygens (including phenoxy) is 4. The minimum atomic E-state index is -4.95. The smallest absolute Gasteiger partial charge is 0.462 e. The van der Waals surface area contributed by atoms with Crippen molar-refractivity contribution in [3.8, 4) is 0 Å². The average molecular weight is 1310 g/mol. The number of rotatable bonds is 69. The molecular weight excluding hydrogens is 1170 g/mol. The Balaban J connectivity index is 5.18. The normalized spacial score (nSPS) is 14.4. The Morgan fingerprint density at radius 3 is 0.854 bits per heavy atom. The molecule has 0 saturated heterocycles. The molecule has 0 radical (unpaired) electrons. The molecule has 6 atom stereocenters. The average Bonchev–Trinajstić information content (AvgIpc) is 3.57. The van der Waals surface area contributed by atoms with Gasteiger partial charge in [-0.05, 0) is 37.5 Å². The van der Waals surface area contributed by atoms with Gasteiger partial charge >= 0.3 is 39.5 Å². The van der Waals surface area contributed by atoms with E-state index in [9.17, 15) is 43.2 Å². The minimum Gasteiger partial charge on any atom is -0.462 e. The molecule has 0 bridgehead atoms. The summed E-state index contributed by atoms with van der Waals surface area (Å²) >= 11 is 0. The van der Waals surface area contributed by atoms with E-state index < -0.39 is 97.5 Å². The summed E-state index contributed by atoms with van der Waals surface area (Å²) in [6, 6.07) is 0. The molecule has 0 aliphatic heterocycles. The van der Waals surface area contributed by atoms with Crippen LogP contribution in [0, 0.1) is 11.8 Å². The standard InChI is InChI=1S/C70H136O17P2/c1-7-10-12-14-16-17-18-19-20-24-27-30-34-41-47-53-68(73)81-59-65(86-69(74)54-48-42-35-31-28-25-22-21-23-26-29-33-39-45-51-63(6)9-3)60-84-88(76,77)82-56-64(71)57-83-89(78,79)85-61-66(58-80-67(72)52-46-40-32-15-13-11-8-2)87-70(75)55-49-43-37-36-38-44-50-62(4)5/h62-66,71H,7-61H2,1-6H3,(H,76,77)(H,78,79)/t63?,64-,65-,66-/m1/s1. The van der Waals surface area contributed by atoms with Crippen molar-refractivity contribution in [3.05, 3.63) is 0 Å². The number of hydrogen-bond donors (Lipinski definition) is 3. The van der Waals surface area contributed by atoms with Gasteiger partial charge in [-0.3, -0.25) is 37.3 Å². The van der Waals surface area contributed by atoms with Crippen LogP contribution < -0.4 is 0 Å². The van der Waals surface area contributed by atoms with Gasteiger partial charge in [0, 0.05) is 25.7 Å². The summed E-state index contributed by atoms with van der Waals surface area (Å²) in [5, 5.41) is 10.6. The van der Waals surface area contributed by atoms with Gasteiger partial charge in [0.15, 0.2) is 12.2 Å². The fourth-order valence-corrected chi connectivity index (χ4v) is 12.1. The van der Waals surface area contributed by atoms with E-state index in [1.54, 1.807) is 0 Å². The highest BCUT2D eigenvalue weighted by molar-refractivity contribution is 7.47. The Morgan fingerprint density at radius 1 is 0.326 bits per heavy atom. The van der Waals surface area contributed by atoms with Crippen molar-refractivity contribution in [1.82, 2.24) is 0 Å². The molecule has 0 aliphatic carbocycles. The van der Waals surface area contributed by atoms with Gasteiger partial charge in [-0.25, -0.2) is 9.13 Å². The summed E-state index contributed by atoms with van der Waals surface area (Å²) in [6.07, 6.45) is 47.5. The Bertz CT molecular complexity index is 1740. The monoisotopic (exact) mass is 1310 g/mol. The van der Waals surface area contributed by atoms with Crippen LogP contribution >= 0.6 is 15.6 Å². The molecule has 3 unspecified atom stereocenters. The largest absolute Gasteiger partial charge is 0.472 e. The number of aliphatic hydroxyl groups is 1. The van der Waals surface area contributed by atoms with Crippen molar-refractivity contribution in [1.29, 1.82) is 0 Å². The van der Waals surface area contributed by atoms with Crippen molar-refractivity contribution in [3.63, 3.8) is 0 Å². The van der Waals surface area contributed by atoms with Gasteiger partial charge < -0.3 is 33.8 Å². The number of esters is 4. The van der Waals surface area contributed by atoms with Gasteiger partial charge in [0.1, 0.15) is 19.3 Å². The third-order valence-electron chi connectivity index (χ3n) is 16.6. The highest BCUT2D eigenvalue weighted by Gasteiger charge is 2.30. The zero-order chi connectivity index (χ0) is 65.7. The van der Waals surface area contributed by atoms with Crippen molar-refractivity contribution in [2.75, 3.05) is 39.6 Å². The number of carbonyl (C=O) groups is 4. The Hall–Kier alpha value is -1.94. The van der Waals surface area contributed by atoms with Gasteiger partial charge in [0.2, 0.25) is 0 Å². The van der Waals surface area contributed by atoms with Crippen LogP contribution in [0.3, 0.4) is 0 Å². The quantitative estimate of drug-likeness (QED) is 0.0222. The summed E-state index contributed by atoms with van der Waals surface area (Å²) < 4.78 is 68.1. The van der Waals surface area contributed by atoms with Crippen LogP contribution in [0.4, 0.5) is 0 Å². The summed E-state index contributed by atoms with van der Waals surface area (Å²) in [4.78, 5) is 72.3. The molecule has 0 aromatic heterocycles. The second-order valence-corrected chi connectivity index (χ2v) is 28.9. The van der Waals surface area contributed by atoms with E-state index in [0.29, 0.717) is 31.6 Å². The summed E-state index contributed by atoms with van der Waals surface area (Å²) in [7, 11) is -9.89. The van der Waals surface area contributed by atoms with Crippen molar-refractivity contribution in [2.24, 2.45) is 11.8 Å². The first-order valence-corrected chi connectivity index (χ1v) is 39.5. The van der Waals surface area contributed by atoms with Crippen LogP contribution in [0.5, 0.6) is 0 Å². The number of hydrogen-bond acceptors (Lipinski definition) is 15. The molecule has 0 spiro atoms. The van der Waals surface area contributed by atoms with E-state index in [4.69, 9.17) is 37.0 Å². The predicted octanol–water partition coefficient (Wildman–Crippen LogP) is 20.0. The van der Waals surface area contributed by atoms with Gasteiger partial charge in [0.05, 0.1) is 26.4 Å². The van der Waals surface area contributed by atoms with E-state index in [0.717, 1.165) is 109 Å². The molecule has 89 heavy (non-hydrogen) atoms. The molecule has 0 aromatic rings. The van der Waals surface area contributed by atoms with E-state index in [1.165, 1.54) is 161 Å². The van der Waals surface area contributed by atoms with Gasteiger partial charge in [-0.2, -0.15) is 0 Å². The lowest BCUT2D eigenvalue weighted by atomic mass is 9.99. The number of carbonyl (C=O) groups excluding carboxylic acids is 4. The lowest BCUT2D eigenvalue weighted by molar-refractivity contribution is -0.161. The Labute approximate surface area is 543 Å².